The Morgan fingerprint density at radius 3 is 2.36 bits per heavy atom. The molecule has 196 valence electrons. The standard InChI is InChI=1S/C36H37N2S/c1-21-12-13-25-27(16-21)22(2)30-33-32-26(14-15-38(33)8)31-23(10-9-11-24(31)18-36(6,7)20-37)17-29(32)39-34(30)28(25)19-35(3,4)5/h9-17H,18-19H2,1-8H3/q+1. The third kappa shape index (κ3) is 4.21. The second-order valence-corrected chi connectivity index (χ2v) is 14.4. The molecule has 0 N–H and O–H groups in total. The van der Waals surface area contributed by atoms with Gasteiger partial charge in [0.25, 0.3) is 0 Å². The van der Waals surface area contributed by atoms with Crippen molar-refractivity contribution in [3.63, 3.8) is 0 Å². The molecule has 0 saturated heterocycles. The van der Waals surface area contributed by atoms with Gasteiger partial charge in [0.2, 0.25) is 5.69 Å². The van der Waals surface area contributed by atoms with E-state index >= 15 is 0 Å². The zero-order chi connectivity index (χ0) is 27.9. The van der Waals surface area contributed by atoms with Gasteiger partial charge in [-0.3, -0.25) is 0 Å². The highest BCUT2D eigenvalue weighted by atomic mass is 32.2. The Balaban J connectivity index is 1.77. The van der Waals surface area contributed by atoms with Crippen LogP contribution in [-0.4, -0.2) is 0 Å². The van der Waals surface area contributed by atoms with Gasteiger partial charge < -0.3 is 0 Å². The quantitative estimate of drug-likeness (QED) is 0.169. The van der Waals surface area contributed by atoms with Crippen molar-refractivity contribution in [3.05, 3.63) is 77.0 Å². The average molecular weight is 530 g/mol. The lowest BCUT2D eigenvalue weighted by atomic mass is 9.82. The van der Waals surface area contributed by atoms with Gasteiger partial charge in [0.1, 0.15) is 7.05 Å². The van der Waals surface area contributed by atoms with Gasteiger partial charge in [-0.15, -0.1) is 0 Å². The monoisotopic (exact) mass is 529 g/mol. The number of hydrogen-bond donors (Lipinski definition) is 0. The Morgan fingerprint density at radius 1 is 0.872 bits per heavy atom. The predicted molar refractivity (Wildman–Crippen MR) is 165 cm³/mol. The van der Waals surface area contributed by atoms with E-state index in [-0.39, 0.29) is 5.41 Å². The van der Waals surface area contributed by atoms with E-state index in [9.17, 15) is 5.26 Å². The normalized spacial score (nSPS) is 13.2. The van der Waals surface area contributed by atoms with E-state index in [2.05, 4.69) is 107 Å². The summed E-state index contributed by atoms with van der Waals surface area (Å²) in [7, 11) is 2.19. The lowest BCUT2D eigenvalue weighted by Crippen LogP contribution is -2.32. The average Bonchev–Trinajstić information content (AvgIpc) is 2.87. The SMILES string of the molecule is Cc1ccc2c(CC(C)(C)C)c3c(c(C)c2c1)-c1c2c(cc4cccc(CC(C)(C)C#N)c4c2cc[n+]1C)S3. The maximum absolute atomic E-state index is 9.81. The molecule has 4 aromatic carbocycles. The van der Waals surface area contributed by atoms with Crippen LogP contribution in [0.2, 0.25) is 0 Å². The van der Waals surface area contributed by atoms with Crippen LogP contribution in [0.1, 0.15) is 56.9 Å². The molecule has 1 aliphatic rings. The molecule has 1 aliphatic heterocycles. The smallest absolute Gasteiger partial charge is 0.200 e. The van der Waals surface area contributed by atoms with Crippen molar-refractivity contribution in [3.8, 4) is 17.3 Å². The van der Waals surface area contributed by atoms with E-state index in [0.717, 1.165) is 12.8 Å². The minimum Gasteiger partial charge on any atom is -0.200 e. The summed E-state index contributed by atoms with van der Waals surface area (Å²) in [5.74, 6) is 0. The Hall–Kier alpha value is -3.35. The van der Waals surface area contributed by atoms with Crippen LogP contribution in [0, 0.1) is 36.0 Å². The molecule has 0 bridgehead atoms. The minimum absolute atomic E-state index is 0.168. The third-order valence-corrected chi connectivity index (χ3v) is 9.38. The van der Waals surface area contributed by atoms with E-state index in [0.29, 0.717) is 0 Å². The maximum atomic E-state index is 9.81. The molecule has 2 nitrogen and oxygen atoms in total. The number of benzene rings is 4. The van der Waals surface area contributed by atoms with Crippen LogP contribution in [-0.2, 0) is 19.9 Å². The molecule has 6 rings (SSSR count). The topological polar surface area (TPSA) is 27.7 Å². The third-order valence-electron chi connectivity index (χ3n) is 8.18. The molecule has 0 radical (unpaired) electrons. The molecule has 39 heavy (non-hydrogen) atoms. The van der Waals surface area contributed by atoms with Crippen LogP contribution in [0.5, 0.6) is 0 Å². The minimum atomic E-state index is -0.421. The lowest BCUT2D eigenvalue weighted by Gasteiger charge is -2.28. The summed E-state index contributed by atoms with van der Waals surface area (Å²) in [5.41, 5.74) is 7.82. The molecule has 0 unspecified atom stereocenters. The van der Waals surface area contributed by atoms with E-state index in [1.807, 2.05) is 25.6 Å². The molecule has 2 heterocycles. The van der Waals surface area contributed by atoms with Gasteiger partial charge in [0.15, 0.2) is 6.20 Å². The second-order valence-electron chi connectivity index (χ2n) is 13.3. The summed E-state index contributed by atoms with van der Waals surface area (Å²) in [6, 6.07) is 20.8. The Kier molecular flexibility index (Phi) is 5.87. The number of aromatic nitrogens is 1. The number of pyridine rings is 1. The number of rotatable bonds is 3. The number of fused-ring (bicyclic) bond motifs is 5. The molecule has 0 fully saturated rings. The summed E-state index contributed by atoms with van der Waals surface area (Å²) in [6.45, 7) is 15.6. The van der Waals surface area contributed by atoms with Crippen molar-refractivity contribution in [2.45, 2.75) is 71.1 Å². The van der Waals surface area contributed by atoms with Crippen LogP contribution in [0.25, 0.3) is 43.6 Å². The van der Waals surface area contributed by atoms with E-state index in [1.54, 1.807) is 0 Å². The summed E-state index contributed by atoms with van der Waals surface area (Å²) in [5, 5.41) is 17.7. The zero-order valence-corrected chi connectivity index (χ0v) is 25.2. The fourth-order valence-corrected chi connectivity index (χ4v) is 7.83. The van der Waals surface area contributed by atoms with Crippen molar-refractivity contribution in [2.24, 2.45) is 17.9 Å². The molecule has 1 aromatic heterocycles. The number of hydrogen-bond acceptors (Lipinski definition) is 2. The molecule has 0 amide bonds. The Labute approximate surface area is 236 Å². The first-order valence-corrected chi connectivity index (χ1v) is 14.7. The molecule has 0 saturated carbocycles. The number of nitrogens with zero attached hydrogens (tertiary/aromatic N) is 2. The van der Waals surface area contributed by atoms with E-state index < -0.39 is 5.41 Å². The van der Waals surface area contributed by atoms with Gasteiger partial charge in [-0.1, -0.05) is 74.5 Å². The van der Waals surface area contributed by atoms with Crippen LogP contribution >= 0.6 is 11.8 Å². The number of nitriles is 1. The van der Waals surface area contributed by atoms with Crippen molar-refractivity contribution < 1.29 is 4.57 Å². The van der Waals surface area contributed by atoms with Gasteiger partial charge in [-0.25, -0.2) is 4.57 Å². The highest BCUT2D eigenvalue weighted by Gasteiger charge is 2.33. The van der Waals surface area contributed by atoms with Crippen LogP contribution in [0.3, 0.4) is 0 Å². The maximum Gasteiger partial charge on any atom is 0.222 e. The lowest BCUT2D eigenvalue weighted by molar-refractivity contribution is -0.659. The van der Waals surface area contributed by atoms with Gasteiger partial charge in [0.05, 0.1) is 22.4 Å². The van der Waals surface area contributed by atoms with Gasteiger partial charge >= 0.3 is 0 Å². The van der Waals surface area contributed by atoms with Crippen LogP contribution in [0.15, 0.2) is 64.5 Å². The zero-order valence-electron chi connectivity index (χ0n) is 24.4. The van der Waals surface area contributed by atoms with E-state index in [4.69, 9.17) is 0 Å². The largest absolute Gasteiger partial charge is 0.222 e. The molecule has 5 aromatic rings. The Morgan fingerprint density at radius 2 is 1.64 bits per heavy atom. The van der Waals surface area contributed by atoms with Gasteiger partial charge in [0, 0.05) is 21.2 Å². The van der Waals surface area contributed by atoms with Crippen molar-refractivity contribution in [2.75, 3.05) is 0 Å². The Bertz CT molecular complexity index is 1880. The molecule has 0 atom stereocenters. The second kappa shape index (κ2) is 8.83. The summed E-state index contributed by atoms with van der Waals surface area (Å²) >= 11 is 1.96. The summed E-state index contributed by atoms with van der Waals surface area (Å²) < 4.78 is 2.33. The molecular formula is C36H37N2S+. The highest BCUT2D eigenvalue weighted by Crippen LogP contribution is 2.53. The van der Waals surface area contributed by atoms with Crippen molar-refractivity contribution in [1.29, 1.82) is 5.26 Å². The van der Waals surface area contributed by atoms with Crippen molar-refractivity contribution >= 4 is 44.1 Å². The first kappa shape index (κ1) is 25.9. The van der Waals surface area contributed by atoms with Crippen LogP contribution < -0.4 is 4.57 Å². The van der Waals surface area contributed by atoms with Gasteiger partial charge in [-0.05, 0) is 90.3 Å². The van der Waals surface area contributed by atoms with Gasteiger partial charge in [-0.2, -0.15) is 5.26 Å². The molecule has 0 aliphatic carbocycles. The molecule has 0 spiro atoms. The number of aryl methyl sites for hydroxylation is 3. The highest BCUT2D eigenvalue weighted by molar-refractivity contribution is 8.00. The summed E-state index contributed by atoms with van der Waals surface area (Å²) in [4.78, 5) is 2.74. The first-order chi connectivity index (χ1) is 18.4. The van der Waals surface area contributed by atoms with Crippen LogP contribution in [0.4, 0.5) is 0 Å². The summed E-state index contributed by atoms with van der Waals surface area (Å²) in [6.07, 6.45) is 3.99. The molecular weight excluding hydrogens is 492 g/mol. The predicted octanol–water partition coefficient (Wildman–Crippen LogP) is 9.40. The molecule has 3 heteroatoms. The van der Waals surface area contributed by atoms with E-state index in [1.165, 1.54) is 75.6 Å². The fraction of sp³-hybridized carbons (Fsp3) is 0.333. The fourth-order valence-electron chi connectivity index (χ4n) is 6.46. The first-order valence-electron chi connectivity index (χ1n) is 13.9. The van der Waals surface area contributed by atoms with Crippen molar-refractivity contribution in [1.82, 2.24) is 0 Å².